The summed E-state index contributed by atoms with van der Waals surface area (Å²) in [7, 11) is 0. The first-order valence-corrected chi connectivity index (χ1v) is 14.2. The molecule has 43 heavy (non-hydrogen) atoms. The zero-order valence-electron chi connectivity index (χ0n) is 23.9. The molecule has 226 valence electrons. The van der Waals surface area contributed by atoms with Gasteiger partial charge in [-0.1, -0.05) is 54.6 Å². The van der Waals surface area contributed by atoms with Crippen LogP contribution in [0.1, 0.15) is 31.9 Å². The summed E-state index contributed by atoms with van der Waals surface area (Å²) in [5.41, 5.74) is 3.18. The number of hydrazone groups is 1. The van der Waals surface area contributed by atoms with Crippen LogP contribution in [0.5, 0.6) is 0 Å². The number of rotatable bonds is 13. The van der Waals surface area contributed by atoms with Crippen LogP contribution >= 0.6 is 11.8 Å². The Bertz CT molecular complexity index is 1430. The van der Waals surface area contributed by atoms with Crippen LogP contribution < -0.4 is 16.1 Å². The van der Waals surface area contributed by atoms with Gasteiger partial charge in [-0.15, -0.1) is 11.8 Å². The number of ether oxygens (including phenoxy) is 2. The fraction of sp³-hybridized carbons (Fsp3) is 0.267. The molecule has 0 heterocycles. The molecule has 12 nitrogen and oxygen atoms in total. The van der Waals surface area contributed by atoms with E-state index in [0.717, 1.165) is 17.3 Å². The van der Waals surface area contributed by atoms with E-state index in [1.54, 1.807) is 51.1 Å². The summed E-state index contributed by atoms with van der Waals surface area (Å²) in [6, 6.07) is 21.4. The van der Waals surface area contributed by atoms with Gasteiger partial charge in [0.15, 0.2) is 0 Å². The van der Waals surface area contributed by atoms with Crippen LogP contribution in [-0.4, -0.2) is 53.0 Å². The standard InChI is InChI=1S/C30H33N5O7S/c1-30(2,3)42-29(38)33-24(19-41-18-21-10-6-4-7-11-21)28(37)34-31-17-22-14-15-26(25(16-22)35(39)40)43-20-27(36)32-23-12-8-5-9-13-23/h4-17,24H,18-20H2,1-3H3,(H,32,36)(H,33,38)(H,34,37)/b31-17-/t24-/m0/s1. The normalized spacial score (nSPS) is 11.9. The molecule has 3 rings (SSSR count). The summed E-state index contributed by atoms with van der Waals surface area (Å²) < 4.78 is 10.9. The predicted octanol–water partition coefficient (Wildman–Crippen LogP) is 4.89. The lowest BCUT2D eigenvalue weighted by molar-refractivity contribution is -0.387. The molecule has 0 bridgehead atoms. The molecule has 0 saturated heterocycles. The van der Waals surface area contributed by atoms with E-state index in [1.165, 1.54) is 18.3 Å². The quantitative estimate of drug-likeness (QED) is 0.107. The Hall–Kier alpha value is -4.75. The number of benzene rings is 3. The van der Waals surface area contributed by atoms with E-state index >= 15 is 0 Å². The molecule has 0 spiro atoms. The zero-order chi connectivity index (χ0) is 31.2. The van der Waals surface area contributed by atoms with Gasteiger partial charge in [0.25, 0.3) is 11.6 Å². The second-order valence-electron chi connectivity index (χ2n) is 10.1. The van der Waals surface area contributed by atoms with Gasteiger partial charge in [-0.05, 0) is 44.5 Å². The molecule has 0 aromatic heterocycles. The number of carbonyl (C=O) groups excluding carboxylic acids is 3. The Morgan fingerprint density at radius 1 is 1.02 bits per heavy atom. The van der Waals surface area contributed by atoms with E-state index in [-0.39, 0.29) is 30.6 Å². The topological polar surface area (TPSA) is 161 Å². The van der Waals surface area contributed by atoms with Crippen molar-refractivity contribution in [2.45, 2.75) is 43.9 Å². The first kappa shape index (κ1) is 32.8. The van der Waals surface area contributed by atoms with Crippen LogP contribution in [0, 0.1) is 10.1 Å². The van der Waals surface area contributed by atoms with E-state index in [4.69, 9.17) is 9.47 Å². The third-order valence-corrected chi connectivity index (χ3v) is 6.45. The number of thioether (sulfide) groups is 1. The fourth-order valence-electron chi connectivity index (χ4n) is 3.49. The number of carbonyl (C=O) groups is 3. The number of alkyl carbamates (subject to hydrolysis) is 1. The van der Waals surface area contributed by atoms with Crippen molar-refractivity contribution in [3.8, 4) is 0 Å². The Morgan fingerprint density at radius 2 is 1.70 bits per heavy atom. The average Bonchev–Trinajstić information content (AvgIpc) is 2.96. The molecule has 0 aliphatic rings. The van der Waals surface area contributed by atoms with Gasteiger partial charge in [0.1, 0.15) is 11.6 Å². The van der Waals surface area contributed by atoms with Crippen molar-refractivity contribution in [2.24, 2.45) is 5.10 Å². The molecule has 0 aliphatic carbocycles. The largest absolute Gasteiger partial charge is 0.444 e. The Balaban J connectivity index is 1.61. The molecule has 3 amide bonds. The SMILES string of the molecule is CC(C)(C)OC(=O)N[C@@H](COCc1ccccc1)C(=O)N/N=C\c1ccc(SCC(=O)Nc2ccccc2)c([N+](=O)[O-])c1. The van der Waals surface area contributed by atoms with Crippen LogP contribution in [0.25, 0.3) is 0 Å². The van der Waals surface area contributed by atoms with Gasteiger partial charge < -0.3 is 20.1 Å². The smallest absolute Gasteiger partial charge is 0.408 e. The lowest BCUT2D eigenvalue weighted by Gasteiger charge is -2.22. The van der Waals surface area contributed by atoms with E-state index in [1.807, 2.05) is 36.4 Å². The van der Waals surface area contributed by atoms with Gasteiger partial charge in [-0.25, -0.2) is 10.2 Å². The molecule has 3 aromatic rings. The minimum Gasteiger partial charge on any atom is -0.444 e. The molecule has 13 heteroatoms. The summed E-state index contributed by atoms with van der Waals surface area (Å²) in [6.07, 6.45) is 0.428. The van der Waals surface area contributed by atoms with Crippen molar-refractivity contribution in [2.75, 3.05) is 17.7 Å². The first-order chi connectivity index (χ1) is 20.5. The third kappa shape index (κ3) is 11.9. The fourth-order valence-corrected chi connectivity index (χ4v) is 4.30. The van der Waals surface area contributed by atoms with Crippen molar-refractivity contribution in [3.05, 3.63) is 100 Å². The average molecular weight is 608 g/mol. The van der Waals surface area contributed by atoms with E-state index in [0.29, 0.717) is 16.1 Å². The van der Waals surface area contributed by atoms with Gasteiger partial charge >= 0.3 is 6.09 Å². The monoisotopic (exact) mass is 607 g/mol. The Labute approximate surface area is 253 Å². The highest BCUT2D eigenvalue weighted by atomic mass is 32.2. The number of para-hydroxylation sites is 1. The molecular formula is C30H33N5O7S. The molecule has 1 atom stereocenters. The van der Waals surface area contributed by atoms with Crippen LogP contribution in [0.15, 0.2) is 88.9 Å². The molecule has 3 aromatic carbocycles. The third-order valence-electron chi connectivity index (χ3n) is 5.39. The van der Waals surface area contributed by atoms with E-state index < -0.39 is 28.6 Å². The van der Waals surface area contributed by atoms with Crippen molar-refractivity contribution in [3.63, 3.8) is 0 Å². The van der Waals surface area contributed by atoms with Crippen molar-refractivity contribution >= 4 is 47.3 Å². The van der Waals surface area contributed by atoms with Crippen LogP contribution in [-0.2, 0) is 25.7 Å². The van der Waals surface area contributed by atoms with Gasteiger partial charge in [0, 0.05) is 17.3 Å². The highest BCUT2D eigenvalue weighted by Gasteiger charge is 2.25. The molecule has 0 unspecified atom stereocenters. The highest BCUT2D eigenvalue weighted by Crippen LogP contribution is 2.30. The summed E-state index contributed by atoms with van der Waals surface area (Å²) in [4.78, 5) is 48.9. The first-order valence-electron chi connectivity index (χ1n) is 13.2. The number of nitro benzene ring substituents is 1. The Morgan fingerprint density at radius 3 is 2.35 bits per heavy atom. The molecule has 0 aliphatic heterocycles. The maximum atomic E-state index is 12.9. The second-order valence-corrected chi connectivity index (χ2v) is 11.1. The number of hydrogen-bond donors (Lipinski definition) is 3. The summed E-state index contributed by atoms with van der Waals surface area (Å²) in [5.74, 6) is -1.01. The lowest BCUT2D eigenvalue weighted by atomic mass is 10.2. The number of hydrogen-bond acceptors (Lipinski definition) is 9. The minimum atomic E-state index is -1.13. The minimum absolute atomic E-state index is 0.0302. The highest BCUT2D eigenvalue weighted by molar-refractivity contribution is 8.00. The van der Waals surface area contributed by atoms with Crippen LogP contribution in [0.4, 0.5) is 16.2 Å². The van der Waals surface area contributed by atoms with Crippen LogP contribution in [0.2, 0.25) is 0 Å². The van der Waals surface area contributed by atoms with Crippen molar-refractivity contribution < 1.29 is 28.8 Å². The Kier molecular flexibility index (Phi) is 12.2. The molecule has 0 radical (unpaired) electrons. The van der Waals surface area contributed by atoms with Crippen molar-refractivity contribution in [1.29, 1.82) is 0 Å². The van der Waals surface area contributed by atoms with Gasteiger partial charge in [0.2, 0.25) is 5.91 Å². The number of nitrogens with one attached hydrogen (secondary N) is 3. The molecule has 0 fully saturated rings. The van der Waals surface area contributed by atoms with Gasteiger partial charge in [-0.2, -0.15) is 5.10 Å². The van der Waals surface area contributed by atoms with E-state index in [9.17, 15) is 24.5 Å². The molecule has 3 N–H and O–H groups in total. The lowest BCUT2D eigenvalue weighted by Crippen LogP contribution is -2.49. The number of nitro groups is 1. The van der Waals surface area contributed by atoms with Gasteiger partial charge in [-0.3, -0.25) is 19.7 Å². The number of amides is 3. The maximum absolute atomic E-state index is 12.9. The maximum Gasteiger partial charge on any atom is 0.408 e. The van der Waals surface area contributed by atoms with E-state index in [2.05, 4.69) is 21.2 Å². The molecular weight excluding hydrogens is 574 g/mol. The van der Waals surface area contributed by atoms with Crippen LogP contribution in [0.3, 0.4) is 0 Å². The zero-order valence-corrected chi connectivity index (χ0v) is 24.8. The predicted molar refractivity (Wildman–Crippen MR) is 164 cm³/mol. The van der Waals surface area contributed by atoms with Gasteiger partial charge in [0.05, 0.1) is 35.0 Å². The number of anilines is 1. The van der Waals surface area contributed by atoms with Crippen molar-refractivity contribution in [1.82, 2.24) is 10.7 Å². The second kappa shape index (κ2) is 16.0. The summed E-state index contributed by atoms with van der Waals surface area (Å²) in [5, 5.41) is 20.8. The summed E-state index contributed by atoms with van der Waals surface area (Å²) in [6.45, 7) is 5.14. The summed E-state index contributed by atoms with van der Waals surface area (Å²) >= 11 is 1.03. The molecule has 0 saturated carbocycles. The number of nitrogens with zero attached hydrogens (tertiary/aromatic N) is 2.